The molecule has 2 rings (SSSR count). The number of ether oxygens (including phenoxy) is 1. The molecule has 23 heavy (non-hydrogen) atoms. The molecule has 2 aromatic rings. The van der Waals surface area contributed by atoms with Crippen molar-refractivity contribution in [1.82, 2.24) is 5.43 Å². The monoisotopic (exact) mass is 310 g/mol. The fourth-order valence-electron chi connectivity index (χ4n) is 2.26. The third-order valence-electron chi connectivity index (χ3n) is 3.35. The first kappa shape index (κ1) is 16.7. The third-order valence-corrected chi connectivity index (χ3v) is 3.35. The second kappa shape index (κ2) is 8.13. The van der Waals surface area contributed by atoms with E-state index in [9.17, 15) is 4.79 Å². The topological polar surface area (TPSA) is 50.7 Å². The molecule has 0 spiro atoms. The summed E-state index contributed by atoms with van der Waals surface area (Å²) in [5.41, 5.74) is 4.99. The molecule has 0 aromatic heterocycles. The number of hydrogen-bond donors (Lipinski definition) is 1. The predicted octanol–water partition coefficient (Wildman–Crippen LogP) is 3.88. The molecule has 4 nitrogen and oxygen atoms in total. The highest BCUT2D eigenvalue weighted by Crippen LogP contribution is 2.17. The standard InChI is InChI=1S/C19H22N2O2/c1-14(2)13-17(15-9-5-4-6-10-15)20-21-19(22)16-11-7-8-12-18(16)23-3/h4-12,14H,13H2,1-3H3,(H,21,22)/b20-17+. The van der Waals surface area contributed by atoms with Gasteiger partial charge in [-0.2, -0.15) is 5.10 Å². The lowest BCUT2D eigenvalue weighted by atomic mass is 10.0. The van der Waals surface area contributed by atoms with E-state index in [0.29, 0.717) is 17.2 Å². The number of benzene rings is 2. The molecule has 2 aromatic carbocycles. The predicted molar refractivity (Wildman–Crippen MR) is 92.9 cm³/mol. The van der Waals surface area contributed by atoms with Crippen LogP contribution in [-0.4, -0.2) is 18.7 Å². The van der Waals surface area contributed by atoms with Gasteiger partial charge in [0.1, 0.15) is 5.75 Å². The normalized spacial score (nSPS) is 11.4. The van der Waals surface area contributed by atoms with E-state index >= 15 is 0 Å². The Bertz CT molecular complexity index is 679. The molecule has 0 heterocycles. The molecule has 0 bridgehead atoms. The van der Waals surface area contributed by atoms with Crippen molar-refractivity contribution in [3.63, 3.8) is 0 Å². The minimum absolute atomic E-state index is 0.278. The largest absolute Gasteiger partial charge is 0.496 e. The van der Waals surface area contributed by atoms with Gasteiger partial charge in [0.05, 0.1) is 18.4 Å². The summed E-state index contributed by atoms with van der Waals surface area (Å²) in [4.78, 5) is 12.3. The van der Waals surface area contributed by atoms with E-state index in [1.54, 1.807) is 25.3 Å². The second-order valence-corrected chi connectivity index (χ2v) is 5.66. The van der Waals surface area contributed by atoms with E-state index in [2.05, 4.69) is 24.4 Å². The molecule has 0 saturated heterocycles. The van der Waals surface area contributed by atoms with Crippen molar-refractivity contribution in [2.45, 2.75) is 20.3 Å². The molecular weight excluding hydrogens is 288 g/mol. The van der Waals surface area contributed by atoms with Gasteiger partial charge in [0.25, 0.3) is 5.91 Å². The summed E-state index contributed by atoms with van der Waals surface area (Å²) >= 11 is 0. The van der Waals surface area contributed by atoms with Crippen molar-refractivity contribution >= 4 is 11.6 Å². The number of nitrogens with zero attached hydrogens (tertiary/aromatic N) is 1. The van der Waals surface area contributed by atoms with Crippen molar-refractivity contribution in [3.05, 3.63) is 65.7 Å². The molecule has 4 heteroatoms. The van der Waals surface area contributed by atoms with Gasteiger partial charge in [-0.15, -0.1) is 0 Å². The molecule has 1 amide bonds. The van der Waals surface area contributed by atoms with Crippen LogP contribution in [0.4, 0.5) is 0 Å². The average Bonchev–Trinajstić information content (AvgIpc) is 2.58. The van der Waals surface area contributed by atoms with Gasteiger partial charge < -0.3 is 4.74 Å². The summed E-state index contributed by atoms with van der Waals surface area (Å²) in [5.74, 6) is 0.696. The maximum absolute atomic E-state index is 12.3. The number of nitrogens with one attached hydrogen (secondary N) is 1. The first-order chi connectivity index (χ1) is 11.1. The van der Waals surface area contributed by atoms with Crippen molar-refractivity contribution in [2.24, 2.45) is 11.0 Å². The molecule has 120 valence electrons. The fraction of sp³-hybridized carbons (Fsp3) is 0.263. The van der Waals surface area contributed by atoms with Gasteiger partial charge in [0.15, 0.2) is 0 Å². The SMILES string of the molecule is COc1ccccc1C(=O)N/N=C(\CC(C)C)c1ccccc1. The molecule has 1 N–H and O–H groups in total. The van der Waals surface area contributed by atoms with Gasteiger partial charge in [-0.05, 0) is 30.0 Å². The molecule has 0 aliphatic rings. The van der Waals surface area contributed by atoms with Crippen LogP contribution in [0.15, 0.2) is 59.7 Å². The van der Waals surface area contributed by atoms with Crippen LogP contribution in [-0.2, 0) is 0 Å². The maximum atomic E-state index is 12.3. The van der Waals surface area contributed by atoms with Crippen LogP contribution in [0.25, 0.3) is 0 Å². The Morgan fingerprint density at radius 2 is 1.74 bits per heavy atom. The highest BCUT2D eigenvalue weighted by Gasteiger charge is 2.12. The van der Waals surface area contributed by atoms with Gasteiger partial charge in [-0.1, -0.05) is 56.3 Å². The zero-order valence-corrected chi connectivity index (χ0v) is 13.7. The Balaban J connectivity index is 2.21. The highest BCUT2D eigenvalue weighted by atomic mass is 16.5. The maximum Gasteiger partial charge on any atom is 0.275 e. The van der Waals surface area contributed by atoms with E-state index in [1.807, 2.05) is 36.4 Å². The van der Waals surface area contributed by atoms with Crippen LogP contribution in [0.2, 0.25) is 0 Å². The van der Waals surface area contributed by atoms with Gasteiger partial charge in [-0.3, -0.25) is 4.79 Å². The quantitative estimate of drug-likeness (QED) is 0.650. The third kappa shape index (κ3) is 4.68. The number of carbonyl (C=O) groups is 1. The molecule has 0 unspecified atom stereocenters. The Labute approximate surface area is 137 Å². The molecule has 0 fully saturated rings. The summed E-state index contributed by atoms with van der Waals surface area (Å²) in [6.07, 6.45) is 0.788. The molecule has 0 radical (unpaired) electrons. The molecule has 0 saturated carbocycles. The molecular formula is C19H22N2O2. The van der Waals surface area contributed by atoms with Crippen LogP contribution in [0.5, 0.6) is 5.75 Å². The van der Waals surface area contributed by atoms with Gasteiger partial charge in [0, 0.05) is 0 Å². The minimum Gasteiger partial charge on any atom is -0.496 e. The van der Waals surface area contributed by atoms with Gasteiger partial charge in [0.2, 0.25) is 0 Å². The van der Waals surface area contributed by atoms with Crippen LogP contribution >= 0.6 is 0 Å². The Morgan fingerprint density at radius 3 is 2.39 bits per heavy atom. The summed E-state index contributed by atoms with van der Waals surface area (Å²) in [5, 5.41) is 4.35. The smallest absolute Gasteiger partial charge is 0.275 e. The first-order valence-corrected chi connectivity index (χ1v) is 7.67. The summed E-state index contributed by atoms with van der Waals surface area (Å²) in [6, 6.07) is 17.0. The lowest BCUT2D eigenvalue weighted by Gasteiger charge is -2.11. The summed E-state index contributed by atoms with van der Waals surface area (Å²) < 4.78 is 5.21. The van der Waals surface area contributed by atoms with Crippen molar-refractivity contribution in [3.8, 4) is 5.75 Å². The van der Waals surface area contributed by atoms with E-state index in [0.717, 1.165) is 17.7 Å². The molecule has 0 aliphatic carbocycles. The zero-order chi connectivity index (χ0) is 16.7. The number of hydrazone groups is 1. The van der Waals surface area contributed by atoms with Crippen molar-refractivity contribution in [1.29, 1.82) is 0 Å². The minimum atomic E-state index is -0.278. The summed E-state index contributed by atoms with van der Waals surface area (Å²) in [7, 11) is 1.55. The zero-order valence-electron chi connectivity index (χ0n) is 13.7. The summed E-state index contributed by atoms with van der Waals surface area (Å²) in [6.45, 7) is 4.25. The Morgan fingerprint density at radius 1 is 1.09 bits per heavy atom. The second-order valence-electron chi connectivity index (χ2n) is 5.66. The highest BCUT2D eigenvalue weighted by molar-refractivity contribution is 6.02. The lowest BCUT2D eigenvalue weighted by Crippen LogP contribution is -2.21. The van der Waals surface area contributed by atoms with Crippen LogP contribution in [0.3, 0.4) is 0 Å². The number of para-hydroxylation sites is 1. The number of methoxy groups -OCH3 is 1. The fourth-order valence-corrected chi connectivity index (χ4v) is 2.26. The van der Waals surface area contributed by atoms with Crippen LogP contribution < -0.4 is 10.2 Å². The Hall–Kier alpha value is -2.62. The number of carbonyl (C=O) groups excluding carboxylic acids is 1. The average molecular weight is 310 g/mol. The van der Waals surface area contributed by atoms with E-state index in [4.69, 9.17) is 4.74 Å². The van der Waals surface area contributed by atoms with Gasteiger partial charge in [-0.25, -0.2) is 5.43 Å². The van der Waals surface area contributed by atoms with Crippen LogP contribution in [0, 0.1) is 5.92 Å². The van der Waals surface area contributed by atoms with E-state index < -0.39 is 0 Å². The van der Waals surface area contributed by atoms with Crippen LogP contribution in [0.1, 0.15) is 36.2 Å². The number of hydrogen-bond acceptors (Lipinski definition) is 3. The Kier molecular flexibility index (Phi) is 5.92. The van der Waals surface area contributed by atoms with E-state index in [-0.39, 0.29) is 5.91 Å². The van der Waals surface area contributed by atoms with E-state index in [1.165, 1.54) is 0 Å². The molecule has 0 aliphatic heterocycles. The number of rotatable bonds is 6. The first-order valence-electron chi connectivity index (χ1n) is 7.67. The molecule has 0 atom stereocenters. The van der Waals surface area contributed by atoms with Crippen molar-refractivity contribution in [2.75, 3.05) is 7.11 Å². The lowest BCUT2D eigenvalue weighted by molar-refractivity contribution is 0.0951. The number of amides is 1. The van der Waals surface area contributed by atoms with Gasteiger partial charge >= 0.3 is 0 Å². The van der Waals surface area contributed by atoms with Crippen molar-refractivity contribution < 1.29 is 9.53 Å².